The quantitative estimate of drug-likeness (QED) is 0.803. The number of nitrogens with zero attached hydrogens (tertiary/aromatic N) is 2. The molecule has 2 amide bonds. The van der Waals surface area contributed by atoms with Crippen molar-refractivity contribution in [2.75, 3.05) is 19.2 Å². The lowest BCUT2D eigenvalue weighted by Gasteiger charge is -2.28. The van der Waals surface area contributed by atoms with Crippen LogP contribution in [0.3, 0.4) is 0 Å². The average molecular weight is 338 g/mol. The molecule has 3 atom stereocenters. The highest BCUT2D eigenvalue weighted by atomic mass is 16.7. The van der Waals surface area contributed by atoms with E-state index in [1.165, 1.54) is 7.05 Å². The lowest BCUT2D eigenvalue weighted by molar-refractivity contribution is -0.141. The van der Waals surface area contributed by atoms with Crippen LogP contribution in [-0.4, -0.2) is 37.0 Å². The number of likely N-dealkylation sites (N-methyl/N-ethyl adjacent to an activating group) is 1. The third-order valence-corrected chi connectivity index (χ3v) is 4.80. The zero-order valence-electron chi connectivity index (χ0n) is 14.0. The predicted molar refractivity (Wildman–Crippen MR) is 90.8 cm³/mol. The number of hydrogen-bond acceptors (Lipinski definition) is 5. The number of ether oxygens (including phenoxy) is 1. The molecular formula is C19H18N2O4. The molecule has 2 saturated heterocycles. The van der Waals surface area contributed by atoms with Crippen LogP contribution in [0.1, 0.15) is 11.6 Å². The highest BCUT2D eigenvalue weighted by molar-refractivity contribution is 6.07. The minimum atomic E-state index is -0.787. The topological polar surface area (TPSA) is 59.1 Å². The fourth-order valence-electron chi connectivity index (χ4n) is 3.49. The van der Waals surface area contributed by atoms with Crippen LogP contribution in [0.15, 0.2) is 54.6 Å². The van der Waals surface area contributed by atoms with Crippen LogP contribution in [0.4, 0.5) is 5.69 Å². The van der Waals surface area contributed by atoms with Gasteiger partial charge in [0.25, 0.3) is 5.91 Å². The molecule has 6 nitrogen and oxygen atoms in total. The summed E-state index contributed by atoms with van der Waals surface area (Å²) in [4.78, 5) is 32.1. The molecule has 0 saturated carbocycles. The number of methoxy groups -OCH3 is 1. The molecule has 2 heterocycles. The van der Waals surface area contributed by atoms with E-state index in [4.69, 9.17) is 9.57 Å². The third-order valence-electron chi connectivity index (χ3n) is 4.80. The fourth-order valence-corrected chi connectivity index (χ4v) is 3.49. The molecule has 2 aliphatic rings. The van der Waals surface area contributed by atoms with Gasteiger partial charge in [-0.1, -0.05) is 30.3 Å². The number of hydrogen-bond donors (Lipinski definition) is 0. The fraction of sp³-hybridized carbons (Fsp3) is 0.263. The van der Waals surface area contributed by atoms with Crippen LogP contribution in [-0.2, 0) is 14.4 Å². The molecule has 2 aromatic carbocycles. The van der Waals surface area contributed by atoms with Gasteiger partial charge in [-0.05, 0) is 29.8 Å². The highest BCUT2D eigenvalue weighted by Crippen LogP contribution is 2.46. The van der Waals surface area contributed by atoms with Crippen molar-refractivity contribution in [1.82, 2.24) is 4.90 Å². The molecule has 3 unspecified atom stereocenters. The van der Waals surface area contributed by atoms with Crippen molar-refractivity contribution in [3.05, 3.63) is 60.2 Å². The number of benzene rings is 2. The van der Waals surface area contributed by atoms with Gasteiger partial charge in [-0.2, -0.15) is 0 Å². The minimum Gasteiger partial charge on any atom is -0.497 e. The van der Waals surface area contributed by atoms with E-state index in [0.717, 1.165) is 21.9 Å². The monoisotopic (exact) mass is 338 g/mol. The molecular weight excluding hydrogens is 320 g/mol. The summed E-state index contributed by atoms with van der Waals surface area (Å²) >= 11 is 0. The summed E-state index contributed by atoms with van der Waals surface area (Å²) in [6.45, 7) is 0. The van der Waals surface area contributed by atoms with Gasteiger partial charge in [-0.25, -0.2) is 5.06 Å². The smallest absolute Gasteiger partial charge is 0.261 e. The maximum Gasteiger partial charge on any atom is 0.261 e. The van der Waals surface area contributed by atoms with Gasteiger partial charge in [0.1, 0.15) is 11.7 Å². The lowest BCUT2D eigenvalue weighted by atomic mass is 9.90. The Labute approximate surface area is 145 Å². The Balaban J connectivity index is 1.79. The Kier molecular flexibility index (Phi) is 3.69. The highest BCUT2D eigenvalue weighted by Gasteiger charge is 2.58. The van der Waals surface area contributed by atoms with Gasteiger partial charge in [0.15, 0.2) is 6.10 Å². The van der Waals surface area contributed by atoms with Crippen LogP contribution in [0, 0.1) is 5.92 Å². The molecule has 0 N–H and O–H groups in total. The molecule has 0 radical (unpaired) electrons. The van der Waals surface area contributed by atoms with E-state index >= 15 is 0 Å². The standard InChI is InChI=1S/C19H18N2O4/c1-20-18(22)15-16(12-8-10-14(24-2)11-9-12)21(25-17(15)19(20)23)13-6-4-3-5-7-13/h3-11,15-17H,1-2H3. The molecule has 25 heavy (non-hydrogen) atoms. The van der Waals surface area contributed by atoms with Gasteiger partial charge < -0.3 is 4.74 Å². The Hall–Kier alpha value is -2.86. The lowest BCUT2D eigenvalue weighted by Crippen LogP contribution is -2.34. The first-order valence-corrected chi connectivity index (χ1v) is 8.08. The second-order valence-corrected chi connectivity index (χ2v) is 6.17. The van der Waals surface area contributed by atoms with E-state index in [0.29, 0.717) is 0 Å². The summed E-state index contributed by atoms with van der Waals surface area (Å²) in [6.07, 6.45) is -0.787. The Morgan fingerprint density at radius 2 is 1.64 bits per heavy atom. The van der Waals surface area contributed by atoms with Gasteiger partial charge >= 0.3 is 0 Å². The van der Waals surface area contributed by atoms with Gasteiger partial charge in [-0.3, -0.25) is 19.3 Å². The summed E-state index contributed by atoms with van der Waals surface area (Å²) in [5.74, 6) is -0.344. The van der Waals surface area contributed by atoms with Crippen molar-refractivity contribution in [2.24, 2.45) is 5.92 Å². The van der Waals surface area contributed by atoms with E-state index in [-0.39, 0.29) is 17.9 Å². The first-order chi connectivity index (χ1) is 12.1. The third kappa shape index (κ3) is 2.37. The van der Waals surface area contributed by atoms with Crippen LogP contribution in [0.5, 0.6) is 5.75 Å². The summed E-state index contributed by atoms with van der Waals surface area (Å²) in [5, 5.41) is 1.68. The van der Waals surface area contributed by atoms with Crippen molar-refractivity contribution in [2.45, 2.75) is 12.1 Å². The molecule has 4 rings (SSSR count). The second kappa shape index (κ2) is 5.89. The molecule has 0 bridgehead atoms. The van der Waals surface area contributed by atoms with E-state index < -0.39 is 12.0 Å². The Bertz CT molecular complexity index is 806. The maximum atomic E-state index is 12.7. The minimum absolute atomic E-state index is 0.214. The number of amides is 2. The number of likely N-dealkylation sites (tertiary alicyclic amines) is 1. The van der Waals surface area contributed by atoms with Crippen LogP contribution >= 0.6 is 0 Å². The number of para-hydroxylation sites is 1. The van der Waals surface area contributed by atoms with Crippen molar-refractivity contribution in [3.63, 3.8) is 0 Å². The molecule has 128 valence electrons. The summed E-state index contributed by atoms with van der Waals surface area (Å²) < 4.78 is 5.21. The van der Waals surface area contributed by atoms with Gasteiger partial charge in [-0.15, -0.1) is 0 Å². The molecule has 6 heteroatoms. The summed E-state index contributed by atoms with van der Waals surface area (Å²) in [5.41, 5.74) is 1.70. The molecule has 0 aliphatic carbocycles. The zero-order chi connectivity index (χ0) is 17.6. The Morgan fingerprint density at radius 3 is 2.28 bits per heavy atom. The SMILES string of the molecule is COc1ccc(C2C3C(=O)N(C)C(=O)C3ON2c2ccccc2)cc1. The molecule has 2 fully saturated rings. The zero-order valence-corrected chi connectivity index (χ0v) is 14.0. The van der Waals surface area contributed by atoms with Crippen molar-refractivity contribution in [1.29, 1.82) is 0 Å². The first-order valence-electron chi connectivity index (χ1n) is 8.08. The second-order valence-electron chi connectivity index (χ2n) is 6.17. The van der Waals surface area contributed by atoms with Gasteiger partial charge in [0.05, 0.1) is 18.8 Å². The van der Waals surface area contributed by atoms with Crippen molar-refractivity contribution < 1.29 is 19.2 Å². The number of rotatable bonds is 3. The van der Waals surface area contributed by atoms with E-state index in [2.05, 4.69) is 0 Å². The largest absolute Gasteiger partial charge is 0.497 e. The molecule has 2 aromatic rings. The van der Waals surface area contributed by atoms with Crippen LogP contribution < -0.4 is 9.80 Å². The van der Waals surface area contributed by atoms with Gasteiger partial charge in [0.2, 0.25) is 5.91 Å². The van der Waals surface area contributed by atoms with Crippen molar-refractivity contribution >= 4 is 17.5 Å². The molecule has 0 spiro atoms. The normalized spacial score (nSPS) is 25.4. The summed E-state index contributed by atoms with van der Waals surface area (Å²) in [7, 11) is 3.11. The summed E-state index contributed by atoms with van der Waals surface area (Å²) in [6, 6.07) is 16.6. The van der Waals surface area contributed by atoms with E-state index in [1.807, 2.05) is 54.6 Å². The number of fused-ring (bicyclic) bond motifs is 1. The molecule has 2 aliphatic heterocycles. The predicted octanol–water partition coefficient (Wildman–Crippen LogP) is 2.17. The van der Waals surface area contributed by atoms with E-state index in [1.54, 1.807) is 12.2 Å². The number of anilines is 1. The number of carbonyl (C=O) groups is 2. The Morgan fingerprint density at radius 1 is 0.960 bits per heavy atom. The number of hydroxylamine groups is 1. The van der Waals surface area contributed by atoms with Crippen LogP contribution in [0.2, 0.25) is 0 Å². The van der Waals surface area contributed by atoms with Crippen molar-refractivity contribution in [3.8, 4) is 5.75 Å². The number of imide groups is 1. The number of carbonyl (C=O) groups excluding carboxylic acids is 2. The maximum absolute atomic E-state index is 12.7. The van der Waals surface area contributed by atoms with Gasteiger partial charge in [0, 0.05) is 7.05 Å². The van der Waals surface area contributed by atoms with E-state index in [9.17, 15) is 9.59 Å². The molecule has 0 aromatic heterocycles. The van der Waals surface area contributed by atoms with Crippen LogP contribution in [0.25, 0.3) is 0 Å². The first kappa shape index (κ1) is 15.7. The average Bonchev–Trinajstić information content (AvgIpc) is 3.15.